The highest BCUT2D eigenvalue weighted by atomic mass is 79.9. The maximum Gasteiger partial charge on any atom is 0.141 e. The van der Waals surface area contributed by atoms with Gasteiger partial charge in [-0.15, -0.1) is 0 Å². The van der Waals surface area contributed by atoms with E-state index in [1.807, 2.05) is 0 Å². The molecule has 0 saturated heterocycles. The number of halogens is 3. The third-order valence-corrected chi connectivity index (χ3v) is 2.81. The second-order valence-electron chi connectivity index (χ2n) is 3.13. The molecule has 0 heterocycles. The predicted octanol–water partition coefficient (Wildman–Crippen LogP) is 5.03. The van der Waals surface area contributed by atoms with Crippen molar-refractivity contribution in [1.29, 1.82) is 0 Å². The molecule has 0 amide bonds. The summed E-state index contributed by atoms with van der Waals surface area (Å²) in [4.78, 5) is 0. The molecule has 0 fully saturated rings. The van der Waals surface area contributed by atoms with Gasteiger partial charge in [0.1, 0.15) is 17.3 Å². The molecule has 16 heavy (non-hydrogen) atoms. The van der Waals surface area contributed by atoms with Crippen LogP contribution in [0.3, 0.4) is 0 Å². The summed E-state index contributed by atoms with van der Waals surface area (Å²) < 4.78 is 19.0. The molecule has 0 bridgehead atoms. The summed E-state index contributed by atoms with van der Waals surface area (Å²) in [6.45, 7) is 0. The Morgan fingerprint density at radius 2 is 1.75 bits per heavy atom. The molecule has 2 aromatic carbocycles. The molecular formula is C12H7BrClFO. The van der Waals surface area contributed by atoms with Crippen molar-refractivity contribution in [2.45, 2.75) is 0 Å². The molecule has 0 aromatic heterocycles. The van der Waals surface area contributed by atoms with E-state index in [1.165, 1.54) is 12.1 Å². The molecule has 0 spiro atoms. The lowest BCUT2D eigenvalue weighted by molar-refractivity contribution is 0.477. The van der Waals surface area contributed by atoms with Gasteiger partial charge in [-0.2, -0.15) is 0 Å². The van der Waals surface area contributed by atoms with E-state index in [-0.39, 0.29) is 5.82 Å². The van der Waals surface area contributed by atoms with Gasteiger partial charge in [-0.1, -0.05) is 11.6 Å². The first kappa shape index (κ1) is 11.4. The second kappa shape index (κ2) is 4.85. The van der Waals surface area contributed by atoms with Crippen LogP contribution in [-0.4, -0.2) is 0 Å². The molecule has 82 valence electrons. The molecule has 0 aliphatic heterocycles. The molecule has 4 heteroatoms. The minimum absolute atomic E-state index is 0.310. The minimum atomic E-state index is -0.310. The second-order valence-corrected chi connectivity index (χ2v) is 4.42. The largest absolute Gasteiger partial charge is 0.456 e. The fraction of sp³-hybridized carbons (Fsp3) is 0. The van der Waals surface area contributed by atoms with Crippen molar-refractivity contribution < 1.29 is 9.13 Å². The van der Waals surface area contributed by atoms with Crippen LogP contribution in [0.4, 0.5) is 4.39 Å². The molecule has 2 aromatic rings. The van der Waals surface area contributed by atoms with E-state index < -0.39 is 0 Å². The number of hydrogen-bond donors (Lipinski definition) is 0. The van der Waals surface area contributed by atoms with Gasteiger partial charge in [0.25, 0.3) is 0 Å². The average molecular weight is 302 g/mol. The van der Waals surface area contributed by atoms with E-state index in [0.29, 0.717) is 21.0 Å². The van der Waals surface area contributed by atoms with Crippen molar-refractivity contribution in [1.82, 2.24) is 0 Å². The molecule has 0 aliphatic rings. The normalized spacial score (nSPS) is 10.2. The van der Waals surface area contributed by atoms with Crippen LogP contribution in [0.15, 0.2) is 46.9 Å². The fourth-order valence-electron chi connectivity index (χ4n) is 1.19. The molecule has 0 atom stereocenters. The molecule has 0 aliphatic carbocycles. The van der Waals surface area contributed by atoms with Gasteiger partial charge in [0.2, 0.25) is 0 Å². The lowest BCUT2D eigenvalue weighted by Gasteiger charge is -2.07. The van der Waals surface area contributed by atoms with Crippen LogP contribution in [0.25, 0.3) is 0 Å². The zero-order valence-electron chi connectivity index (χ0n) is 8.08. The van der Waals surface area contributed by atoms with Gasteiger partial charge in [0.05, 0.1) is 4.47 Å². The van der Waals surface area contributed by atoms with Crippen LogP contribution >= 0.6 is 27.5 Å². The monoisotopic (exact) mass is 300 g/mol. The fourth-order valence-corrected chi connectivity index (χ4v) is 1.75. The Morgan fingerprint density at radius 1 is 1.06 bits per heavy atom. The van der Waals surface area contributed by atoms with E-state index in [2.05, 4.69) is 15.9 Å². The minimum Gasteiger partial charge on any atom is -0.456 e. The first-order valence-electron chi connectivity index (χ1n) is 4.53. The molecular weight excluding hydrogens is 294 g/mol. The van der Waals surface area contributed by atoms with E-state index in [9.17, 15) is 4.39 Å². The Labute approximate surface area is 106 Å². The number of rotatable bonds is 2. The Morgan fingerprint density at radius 3 is 2.38 bits per heavy atom. The average Bonchev–Trinajstić information content (AvgIpc) is 2.25. The summed E-state index contributed by atoms with van der Waals surface area (Å²) in [5, 5.41) is 0.644. The lowest BCUT2D eigenvalue weighted by Crippen LogP contribution is -1.86. The van der Waals surface area contributed by atoms with Crippen LogP contribution in [0.1, 0.15) is 0 Å². The van der Waals surface area contributed by atoms with Gasteiger partial charge in [-0.25, -0.2) is 4.39 Å². The van der Waals surface area contributed by atoms with Gasteiger partial charge in [0, 0.05) is 5.02 Å². The number of ether oxygens (including phenoxy) is 1. The van der Waals surface area contributed by atoms with Crippen molar-refractivity contribution in [3.8, 4) is 11.5 Å². The Hall–Kier alpha value is -1.06. The van der Waals surface area contributed by atoms with Gasteiger partial charge in [0.15, 0.2) is 0 Å². The van der Waals surface area contributed by atoms with Crippen LogP contribution in [0.2, 0.25) is 5.02 Å². The van der Waals surface area contributed by atoms with E-state index in [1.54, 1.807) is 30.3 Å². The van der Waals surface area contributed by atoms with Gasteiger partial charge >= 0.3 is 0 Å². The quantitative estimate of drug-likeness (QED) is 0.755. The van der Waals surface area contributed by atoms with Crippen molar-refractivity contribution in [2.75, 3.05) is 0 Å². The summed E-state index contributed by atoms with van der Waals surface area (Å²) >= 11 is 8.98. The third kappa shape index (κ3) is 2.74. The molecule has 0 saturated carbocycles. The third-order valence-electron chi connectivity index (χ3n) is 1.94. The summed E-state index contributed by atoms with van der Waals surface area (Å²) in [5.74, 6) is 0.899. The van der Waals surface area contributed by atoms with Crippen LogP contribution < -0.4 is 4.74 Å². The van der Waals surface area contributed by atoms with Crippen molar-refractivity contribution in [2.24, 2.45) is 0 Å². The maximum atomic E-state index is 12.8. The Bertz CT molecular complexity index is 499. The Kier molecular flexibility index (Phi) is 3.46. The Balaban J connectivity index is 2.23. The van der Waals surface area contributed by atoms with Gasteiger partial charge < -0.3 is 4.74 Å². The van der Waals surface area contributed by atoms with Gasteiger partial charge in [-0.05, 0) is 58.4 Å². The summed E-state index contributed by atoms with van der Waals surface area (Å²) in [6, 6.07) is 11.2. The van der Waals surface area contributed by atoms with Gasteiger partial charge in [-0.3, -0.25) is 0 Å². The first-order chi connectivity index (χ1) is 7.65. The van der Waals surface area contributed by atoms with Crippen molar-refractivity contribution in [3.63, 3.8) is 0 Å². The summed E-state index contributed by atoms with van der Waals surface area (Å²) in [7, 11) is 0. The standard InChI is InChI=1S/C12H7BrClFO/c13-11-7-9(15)3-6-12(11)16-10-4-1-8(14)2-5-10/h1-7H. The van der Waals surface area contributed by atoms with Crippen LogP contribution in [0, 0.1) is 5.82 Å². The highest BCUT2D eigenvalue weighted by Crippen LogP contribution is 2.30. The van der Waals surface area contributed by atoms with E-state index in [4.69, 9.17) is 16.3 Å². The van der Waals surface area contributed by atoms with Crippen LogP contribution in [0.5, 0.6) is 11.5 Å². The molecule has 2 rings (SSSR count). The number of benzene rings is 2. The summed E-state index contributed by atoms with van der Waals surface area (Å²) in [6.07, 6.45) is 0. The molecule has 1 nitrogen and oxygen atoms in total. The van der Waals surface area contributed by atoms with E-state index in [0.717, 1.165) is 0 Å². The summed E-state index contributed by atoms with van der Waals surface area (Å²) in [5.41, 5.74) is 0. The van der Waals surface area contributed by atoms with Crippen molar-refractivity contribution in [3.05, 3.63) is 57.8 Å². The zero-order chi connectivity index (χ0) is 11.5. The molecule has 0 radical (unpaired) electrons. The predicted molar refractivity (Wildman–Crippen MR) is 65.6 cm³/mol. The highest BCUT2D eigenvalue weighted by Gasteiger charge is 2.03. The zero-order valence-corrected chi connectivity index (χ0v) is 10.4. The van der Waals surface area contributed by atoms with E-state index >= 15 is 0 Å². The lowest BCUT2D eigenvalue weighted by atomic mass is 10.3. The number of hydrogen-bond acceptors (Lipinski definition) is 1. The first-order valence-corrected chi connectivity index (χ1v) is 5.71. The topological polar surface area (TPSA) is 9.23 Å². The van der Waals surface area contributed by atoms with Crippen LogP contribution in [-0.2, 0) is 0 Å². The smallest absolute Gasteiger partial charge is 0.141 e. The molecule has 0 N–H and O–H groups in total. The highest BCUT2D eigenvalue weighted by molar-refractivity contribution is 9.10. The molecule has 0 unspecified atom stereocenters. The maximum absolute atomic E-state index is 12.8. The SMILES string of the molecule is Fc1ccc(Oc2ccc(Cl)cc2)c(Br)c1. The van der Waals surface area contributed by atoms with Crippen molar-refractivity contribution >= 4 is 27.5 Å².